The van der Waals surface area contributed by atoms with Crippen LogP contribution in [0.1, 0.15) is 19.7 Å². The topological polar surface area (TPSA) is 111 Å². The number of aromatic amines is 1. The number of anilines is 1. The first-order chi connectivity index (χ1) is 9.02. The van der Waals surface area contributed by atoms with E-state index in [0.717, 1.165) is 0 Å². The summed E-state index contributed by atoms with van der Waals surface area (Å²) in [6.07, 6.45) is 0. The van der Waals surface area contributed by atoms with Crippen molar-refractivity contribution < 1.29 is 4.42 Å². The van der Waals surface area contributed by atoms with E-state index in [1.807, 2.05) is 13.8 Å². The van der Waals surface area contributed by atoms with Crippen LogP contribution >= 0.6 is 23.5 Å². The molecule has 0 fully saturated rings. The molecule has 0 radical (unpaired) electrons. The highest BCUT2D eigenvalue weighted by molar-refractivity contribution is 7.99. The first-order valence-corrected chi connectivity index (χ1v) is 7.38. The van der Waals surface area contributed by atoms with E-state index in [2.05, 4.69) is 20.2 Å². The lowest BCUT2D eigenvalue weighted by atomic mass is 10.6. The molecule has 2 rings (SSSR count). The monoisotopic (exact) mass is 299 g/mol. The van der Waals surface area contributed by atoms with Gasteiger partial charge >= 0.3 is 0 Å². The number of nitrogens with one attached hydrogen (secondary N) is 1. The van der Waals surface area contributed by atoms with Crippen molar-refractivity contribution in [1.29, 1.82) is 0 Å². The van der Waals surface area contributed by atoms with E-state index < -0.39 is 0 Å². The van der Waals surface area contributed by atoms with Crippen LogP contribution in [0.3, 0.4) is 0 Å². The number of nitrogens with zero attached hydrogens (tertiary/aromatic N) is 3. The summed E-state index contributed by atoms with van der Waals surface area (Å²) in [5.41, 5.74) is 5.21. The molecule has 0 bridgehead atoms. The average Bonchev–Trinajstić information content (AvgIpc) is 2.72. The Morgan fingerprint density at radius 2 is 2.26 bits per heavy atom. The Morgan fingerprint density at radius 3 is 2.95 bits per heavy atom. The fourth-order valence-electron chi connectivity index (χ4n) is 1.20. The molecule has 3 N–H and O–H groups in total. The predicted octanol–water partition coefficient (Wildman–Crippen LogP) is 1.53. The lowest BCUT2D eigenvalue weighted by molar-refractivity contribution is 0.426. The van der Waals surface area contributed by atoms with Gasteiger partial charge in [0.2, 0.25) is 5.89 Å². The number of rotatable bonds is 5. The first-order valence-electron chi connectivity index (χ1n) is 5.51. The van der Waals surface area contributed by atoms with Gasteiger partial charge in [-0.2, -0.15) is 0 Å². The predicted molar refractivity (Wildman–Crippen MR) is 74.1 cm³/mol. The highest BCUT2D eigenvalue weighted by atomic mass is 32.2. The lowest BCUT2D eigenvalue weighted by Crippen LogP contribution is -2.09. The number of thioether (sulfide) groups is 2. The molecule has 0 saturated heterocycles. The second kappa shape index (κ2) is 6.11. The fraction of sp³-hybridized carbons (Fsp3) is 0.400. The maximum Gasteiger partial charge on any atom is 0.276 e. The van der Waals surface area contributed by atoms with Crippen LogP contribution in [-0.2, 0) is 5.75 Å². The van der Waals surface area contributed by atoms with Crippen LogP contribution in [0.5, 0.6) is 0 Å². The SMILES string of the molecule is CC(C)Sc1nnc(CSc2nc(N)cc(=O)[nH]2)o1. The van der Waals surface area contributed by atoms with Crippen molar-refractivity contribution in [3.63, 3.8) is 0 Å². The largest absolute Gasteiger partial charge is 0.415 e. The highest BCUT2D eigenvalue weighted by Gasteiger charge is 2.09. The second-order valence-electron chi connectivity index (χ2n) is 3.89. The molecule has 7 nitrogen and oxygen atoms in total. The van der Waals surface area contributed by atoms with E-state index in [1.54, 1.807) is 0 Å². The zero-order chi connectivity index (χ0) is 13.8. The standard InChI is InChI=1S/C10H13N5O2S2/c1-5(2)19-10-15-14-8(17-10)4-18-9-12-6(11)3-7(16)13-9/h3,5H,4H2,1-2H3,(H3,11,12,13,16). The van der Waals surface area contributed by atoms with Gasteiger partial charge in [0.15, 0.2) is 5.16 Å². The quantitative estimate of drug-likeness (QED) is 0.631. The minimum atomic E-state index is -0.281. The molecule has 2 aromatic rings. The molecule has 0 unspecified atom stereocenters. The van der Waals surface area contributed by atoms with E-state index in [-0.39, 0.29) is 11.4 Å². The third-order valence-corrected chi connectivity index (χ3v) is 3.55. The normalized spacial score (nSPS) is 11.1. The number of aromatic nitrogens is 4. The van der Waals surface area contributed by atoms with Gasteiger partial charge in [0.1, 0.15) is 5.82 Å². The number of H-pyrrole nitrogens is 1. The van der Waals surface area contributed by atoms with Crippen LogP contribution < -0.4 is 11.3 Å². The van der Waals surface area contributed by atoms with Crippen LogP contribution in [0.15, 0.2) is 25.7 Å². The van der Waals surface area contributed by atoms with Crippen LogP contribution in [0, 0.1) is 0 Å². The zero-order valence-electron chi connectivity index (χ0n) is 10.4. The van der Waals surface area contributed by atoms with Crippen LogP contribution in [0.4, 0.5) is 5.82 Å². The summed E-state index contributed by atoms with van der Waals surface area (Å²) in [5, 5.41) is 9.19. The van der Waals surface area contributed by atoms with Gasteiger partial charge in [-0.25, -0.2) is 4.98 Å². The third-order valence-electron chi connectivity index (χ3n) is 1.86. The molecule has 0 saturated carbocycles. The van der Waals surface area contributed by atoms with E-state index >= 15 is 0 Å². The van der Waals surface area contributed by atoms with Crippen LogP contribution in [0.2, 0.25) is 0 Å². The Balaban J connectivity index is 1.98. The molecular formula is C10H13N5O2S2. The van der Waals surface area contributed by atoms with E-state index in [9.17, 15) is 4.79 Å². The van der Waals surface area contributed by atoms with Crippen molar-refractivity contribution in [2.24, 2.45) is 0 Å². The molecule has 2 heterocycles. The van der Waals surface area contributed by atoms with Gasteiger partial charge in [-0.05, 0) is 0 Å². The Hall–Kier alpha value is -1.48. The van der Waals surface area contributed by atoms with Crippen molar-refractivity contribution in [2.45, 2.75) is 35.2 Å². The van der Waals surface area contributed by atoms with Crippen molar-refractivity contribution in [1.82, 2.24) is 20.2 Å². The van der Waals surface area contributed by atoms with E-state index in [0.29, 0.717) is 27.3 Å². The number of hydrogen-bond donors (Lipinski definition) is 2. The summed E-state index contributed by atoms with van der Waals surface area (Å²) in [7, 11) is 0. The highest BCUT2D eigenvalue weighted by Crippen LogP contribution is 2.24. The van der Waals surface area contributed by atoms with Gasteiger partial charge < -0.3 is 15.1 Å². The van der Waals surface area contributed by atoms with Gasteiger partial charge in [0, 0.05) is 11.3 Å². The zero-order valence-corrected chi connectivity index (χ0v) is 12.0. The van der Waals surface area contributed by atoms with E-state index in [1.165, 1.54) is 29.6 Å². The second-order valence-corrected chi connectivity index (χ2v) is 6.38. The lowest BCUT2D eigenvalue weighted by Gasteiger charge is -1.99. The summed E-state index contributed by atoms with van der Waals surface area (Å²) in [4.78, 5) is 17.8. The van der Waals surface area contributed by atoms with Crippen LogP contribution in [-0.4, -0.2) is 25.4 Å². The molecule has 102 valence electrons. The smallest absolute Gasteiger partial charge is 0.276 e. The van der Waals surface area contributed by atoms with Crippen molar-refractivity contribution in [2.75, 3.05) is 5.73 Å². The molecule has 19 heavy (non-hydrogen) atoms. The maximum atomic E-state index is 11.2. The molecule has 0 atom stereocenters. The van der Waals surface area contributed by atoms with Gasteiger partial charge in [-0.15, -0.1) is 10.2 Å². The number of hydrogen-bond acceptors (Lipinski definition) is 8. The maximum absolute atomic E-state index is 11.2. The average molecular weight is 299 g/mol. The van der Waals surface area contributed by atoms with Crippen molar-refractivity contribution in [3.8, 4) is 0 Å². The summed E-state index contributed by atoms with van der Waals surface area (Å²) in [6, 6.07) is 1.23. The molecular weight excluding hydrogens is 286 g/mol. The molecule has 0 aliphatic carbocycles. The van der Waals surface area contributed by atoms with Crippen molar-refractivity contribution >= 4 is 29.3 Å². The first kappa shape index (κ1) is 13.9. The van der Waals surface area contributed by atoms with E-state index in [4.69, 9.17) is 10.2 Å². The summed E-state index contributed by atoms with van der Waals surface area (Å²) >= 11 is 2.78. The van der Waals surface area contributed by atoms with Gasteiger partial charge in [0.05, 0.1) is 5.75 Å². The minimum absolute atomic E-state index is 0.188. The minimum Gasteiger partial charge on any atom is -0.415 e. The molecule has 0 amide bonds. The molecule has 2 aromatic heterocycles. The Bertz CT molecular complexity index is 610. The molecule has 0 spiro atoms. The fourth-order valence-corrected chi connectivity index (χ4v) is 2.55. The summed E-state index contributed by atoms with van der Waals surface area (Å²) < 4.78 is 5.45. The van der Waals surface area contributed by atoms with Gasteiger partial charge in [-0.1, -0.05) is 37.4 Å². The van der Waals surface area contributed by atoms with Gasteiger partial charge in [0.25, 0.3) is 10.8 Å². The Kier molecular flexibility index (Phi) is 4.48. The number of nitrogen functional groups attached to an aromatic ring is 1. The third kappa shape index (κ3) is 4.28. The number of nitrogens with two attached hydrogens (primary N) is 1. The Morgan fingerprint density at radius 1 is 1.47 bits per heavy atom. The summed E-state index contributed by atoms with van der Waals surface area (Å²) in [5.74, 6) is 1.10. The van der Waals surface area contributed by atoms with Crippen LogP contribution in [0.25, 0.3) is 0 Å². The Labute approximate surface area is 117 Å². The summed E-state index contributed by atoms with van der Waals surface area (Å²) in [6.45, 7) is 4.09. The molecule has 0 aliphatic rings. The molecule has 0 aromatic carbocycles. The van der Waals surface area contributed by atoms with Gasteiger partial charge in [-0.3, -0.25) is 4.79 Å². The molecule has 0 aliphatic heterocycles. The molecule has 9 heteroatoms. The van der Waals surface area contributed by atoms with Crippen molar-refractivity contribution in [3.05, 3.63) is 22.3 Å².